The lowest BCUT2D eigenvalue weighted by Gasteiger charge is -2.25. The highest BCUT2D eigenvalue weighted by molar-refractivity contribution is 6.36. The van der Waals surface area contributed by atoms with E-state index in [0.29, 0.717) is 22.5 Å². The molecule has 0 radical (unpaired) electrons. The number of carbonyl (C=O) groups is 2. The number of imide groups is 1. The SMILES string of the molecule is CC(C)c1cccc(C(C)C)c1N1C(=O)c2cccc(N)c2C1=O. The van der Waals surface area contributed by atoms with Crippen LogP contribution in [0.3, 0.4) is 0 Å². The third-order valence-electron chi connectivity index (χ3n) is 4.51. The van der Waals surface area contributed by atoms with Crippen LogP contribution in [-0.2, 0) is 0 Å². The normalized spacial score (nSPS) is 14.0. The molecule has 0 saturated carbocycles. The Labute approximate surface area is 142 Å². The number of anilines is 2. The molecule has 124 valence electrons. The van der Waals surface area contributed by atoms with Crippen LogP contribution in [0.15, 0.2) is 36.4 Å². The zero-order chi connectivity index (χ0) is 17.6. The summed E-state index contributed by atoms with van der Waals surface area (Å²) in [5.41, 5.74) is 9.71. The fraction of sp³-hybridized carbons (Fsp3) is 0.300. The van der Waals surface area contributed by atoms with E-state index in [4.69, 9.17) is 5.73 Å². The van der Waals surface area contributed by atoms with Crippen molar-refractivity contribution in [3.63, 3.8) is 0 Å². The van der Waals surface area contributed by atoms with Crippen molar-refractivity contribution < 1.29 is 9.59 Å². The lowest BCUT2D eigenvalue weighted by Crippen LogP contribution is -2.32. The summed E-state index contributed by atoms with van der Waals surface area (Å²) in [5.74, 6) is -0.235. The number of hydrogen-bond donors (Lipinski definition) is 1. The minimum atomic E-state index is -0.330. The minimum Gasteiger partial charge on any atom is -0.398 e. The number of rotatable bonds is 3. The highest BCUT2D eigenvalue weighted by Gasteiger charge is 2.40. The van der Waals surface area contributed by atoms with E-state index in [1.165, 1.54) is 4.90 Å². The molecule has 2 aromatic carbocycles. The molecule has 1 aliphatic heterocycles. The molecule has 0 saturated heterocycles. The van der Waals surface area contributed by atoms with Gasteiger partial charge in [0.1, 0.15) is 0 Å². The second-order valence-corrected chi connectivity index (χ2v) is 6.81. The Bertz CT molecular complexity index is 811. The monoisotopic (exact) mass is 322 g/mol. The molecule has 2 N–H and O–H groups in total. The van der Waals surface area contributed by atoms with Crippen molar-refractivity contribution in [3.8, 4) is 0 Å². The van der Waals surface area contributed by atoms with Gasteiger partial charge < -0.3 is 5.73 Å². The number of nitrogens with two attached hydrogens (primary N) is 1. The number of amides is 2. The molecule has 0 bridgehead atoms. The number of nitrogen functional groups attached to an aromatic ring is 1. The van der Waals surface area contributed by atoms with Crippen LogP contribution in [0.4, 0.5) is 11.4 Å². The van der Waals surface area contributed by atoms with E-state index in [1.807, 2.05) is 18.2 Å². The van der Waals surface area contributed by atoms with Crippen LogP contribution in [0.5, 0.6) is 0 Å². The third kappa shape index (κ3) is 2.30. The van der Waals surface area contributed by atoms with Crippen molar-refractivity contribution in [1.82, 2.24) is 0 Å². The van der Waals surface area contributed by atoms with Gasteiger partial charge in [-0.2, -0.15) is 0 Å². The zero-order valence-electron chi connectivity index (χ0n) is 14.5. The Balaban J connectivity index is 2.26. The molecule has 0 unspecified atom stereocenters. The van der Waals surface area contributed by atoms with Crippen molar-refractivity contribution in [3.05, 3.63) is 58.7 Å². The lowest BCUT2D eigenvalue weighted by atomic mass is 9.92. The van der Waals surface area contributed by atoms with Gasteiger partial charge in [-0.05, 0) is 35.1 Å². The van der Waals surface area contributed by atoms with E-state index in [1.54, 1.807) is 18.2 Å². The van der Waals surface area contributed by atoms with Crippen molar-refractivity contribution in [2.24, 2.45) is 0 Å². The van der Waals surface area contributed by atoms with Gasteiger partial charge >= 0.3 is 0 Å². The molecule has 2 amide bonds. The quantitative estimate of drug-likeness (QED) is 0.676. The van der Waals surface area contributed by atoms with Crippen LogP contribution in [0.1, 0.15) is 71.4 Å². The van der Waals surface area contributed by atoms with Gasteiger partial charge in [-0.1, -0.05) is 52.0 Å². The maximum Gasteiger partial charge on any atom is 0.268 e. The maximum absolute atomic E-state index is 13.0. The smallest absolute Gasteiger partial charge is 0.268 e. The third-order valence-corrected chi connectivity index (χ3v) is 4.51. The van der Waals surface area contributed by atoms with Crippen molar-refractivity contribution in [1.29, 1.82) is 0 Å². The summed E-state index contributed by atoms with van der Waals surface area (Å²) in [7, 11) is 0. The fourth-order valence-corrected chi connectivity index (χ4v) is 3.28. The lowest BCUT2D eigenvalue weighted by molar-refractivity contribution is 0.0926. The molecule has 1 heterocycles. The van der Waals surface area contributed by atoms with E-state index in [2.05, 4.69) is 27.7 Å². The number of carbonyl (C=O) groups excluding carboxylic acids is 2. The summed E-state index contributed by atoms with van der Waals surface area (Å²) >= 11 is 0. The maximum atomic E-state index is 13.0. The highest BCUT2D eigenvalue weighted by Crippen LogP contribution is 2.40. The van der Waals surface area contributed by atoms with Gasteiger partial charge in [0.05, 0.1) is 16.8 Å². The predicted octanol–water partition coefficient (Wildman–Crippen LogP) is 4.32. The van der Waals surface area contributed by atoms with Gasteiger partial charge in [0.15, 0.2) is 0 Å². The first-order valence-electron chi connectivity index (χ1n) is 8.24. The minimum absolute atomic E-state index is 0.195. The molecule has 0 spiro atoms. The Morgan fingerprint density at radius 2 is 1.38 bits per heavy atom. The molecule has 4 heteroatoms. The summed E-state index contributed by atoms with van der Waals surface area (Å²) < 4.78 is 0. The summed E-state index contributed by atoms with van der Waals surface area (Å²) in [6.07, 6.45) is 0. The first-order valence-corrected chi connectivity index (χ1v) is 8.24. The average molecular weight is 322 g/mol. The van der Waals surface area contributed by atoms with Gasteiger partial charge in [-0.15, -0.1) is 0 Å². The Morgan fingerprint density at radius 3 is 1.88 bits per heavy atom. The van der Waals surface area contributed by atoms with Crippen LogP contribution in [0.25, 0.3) is 0 Å². The molecule has 0 aliphatic carbocycles. The summed E-state index contributed by atoms with van der Waals surface area (Å²) in [4.78, 5) is 27.3. The molecule has 0 fully saturated rings. The number of benzene rings is 2. The molecule has 24 heavy (non-hydrogen) atoms. The Hall–Kier alpha value is -2.62. The van der Waals surface area contributed by atoms with Crippen LogP contribution >= 0.6 is 0 Å². The van der Waals surface area contributed by atoms with E-state index < -0.39 is 0 Å². The first-order chi connectivity index (χ1) is 11.3. The van der Waals surface area contributed by atoms with Gasteiger partial charge in [0, 0.05) is 5.69 Å². The molecular formula is C20H22N2O2. The second-order valence-electron chi connectivity index (χ2n) is 6.81. The number of para-hydroxylation sites is 1. The fourth-order valence-electron chi connectivity index (χ4n) is 3.28. The molecule has 0 aromatic heterocycles. The molecule has 4 nitrogen and oxygen atoms in total. The first kappa shape index (κ1) is 16.2. The van der Waals surface area contributed by atoms with E-state index in [-0.39, 0.29) is 23.7 Å². The molecule has 1 aliphatic rings. The second kappa shape index (κ2) is 5.78. The van der Waals surface area contributed by atoms with Crippen LogP contribution in [0, 0.1) is 0 Å². The molecular weight excluding hydrogens is 300 g/mol. The van der Waals surface area contributed by atoms with E-state index >= 15 is 0 Å². The molecule has 3 rings (SSSR count). The van der Waals surface area contributed by atoms with Crippen molar-refractivity contribution in [2.45, 2.75) is 39.5 Å². The van der Waals surface area contributed by atoms with Crippen molar-refractivity contribution >= 4 is 23.2 Å². The summed E-state index contributed by atoms with van der Waals surface area (Å²) in [6, 6.07) is 11.0. The Morgan fingerprint density at radius 1 is 0.833 bits per heavy atom. The van der Waals surface area contributed by atoms with Crippen LogP contribution in [-0.4, -0.2) is 11.8 Å². The number of hydrogen-bond acceptors (Lipinski definition) is 3. The Kier molecular flexibility index (Phi) is 3.91. The largest absolute Gasteiger partial charge is 0.398 e. The van der Waals surface area contributed by atoms with Gasteiger partial charge in [0.2, 0.25) is 0 Å². The summed E-state index contributed by atoms with van der Waals surface area (Å²) in [5, 5.41) is 0. The van der Waals surface area contributed by atoms with E-state index in [9.17, 15) is 9.59 Å². The van der Waals surface area contributed by atoms with Crippen LogP contribution in [0.2, 0.25) is 0 Å². The van der Waals surface area contributed by atoms with Gasteiger partial charge in [-0.3, -0.25) is 9.59 Å². The van der Waals surface area contributed by atoms with Gasteiger partial charge in [-0.25, -0.2) is 4.90 Å². The van der Waals surface area contributed by atoms with Crippen LogP contribution < -0.4 is 10.6 Å². The topological polar surface area (TPSA) is 63.4 Å². The standard InChI is InChI=1S/C20H22N2O2/c1-11(2)13-7-5-8-14(12(3)4)18(13)22-19(23)15-9-6-10-16(21)17(15)20(22)24/h5-12H,21H2,1-4H3. The number of fused-ring (bicyclic) bond motifs is 1. The number of nitrogens with zero attached hydrogens (tertiary/aromatic N) is 1. The van der Waals surface area contributed by atoms with Crippen molar-refractivity contribution in [2.75, 3.05) is 10.6 Å². The predicted molar refractivity (Wildman–Crippen MR) is 96.6 cm³/mol. The highest BCUT2D eigenvalue weighted by atomic mass is 16.2. The average Bonchev–Trinajstić information content (AvgIpc) is 2.78. The molecule has 2 aromatic rings. The summed E-state index contributed by atoms with van der Waals surface area (Å²) in [6.45, 7) is 8.26. The zero-order valence-corrected chi connectivity index (χ0v) is 14.5. The van der Waals surface area contributed by atoms with E-state index in [0.717, 1.165) is 11.1 Å². The van der Waals surface area contributed by atoms with Gasteiger partial charge in [0.25, 0.3) is 11.8 Å². The molecule has 0 atom stereocenters.